The second kappa shape index (κ2) is 4.35. The fraction of sp³-hybridized carbons (Fsp3) is 0.667. The maximum atomic E-state index is 9.47. The monoisotopic (exact) mass is 214 g/mol. The van der Waals surface area contributed by atoms with Crippen LogP contribution in [0.5, 0.6) is 0 Å². The van der Waals surface area contributed by atoms with Crippen LogP contribution in [0.1, 0.15) is 9.88 Å². The summed E-state index contributed by atoms with van der Waals surface area (Å²) in [6, 6.07) is 0.0670. The second-order valence-electron chi connectivity index (χ2n) is 3.44. The van der Waals surface area contributed by atoms with E-state index >= 15 is 0 Å². The van der Waals surface area contributed by atoms with Crippen LogP contribution in [-0.2, 0) is 11.3 Å². The number of hydrogen-bond acceptors (Lipinski definition) is 5. The molecule has 2 heterocycles. The van der Waals surface area contributed by atoms with Crippen LogP contribution in [0.4, 0.5) is 0 Å². The van der Waals surface area contributed by atoms with Crippen molar-refractivity contribution in [3.8, 4) is 0 Å². The van der Waals surface area contributed by atoms with Crippen molar-refractivity contribution in [3.63, 3.8) is 0 Å². The molecule has 0 bridgehead atoms. The third-order valence-electron chi connectivity index (χ3n) is 2.26. The molecule has 14 heavy (non-hydrogen) atoms. The van der Waals surface area contributed by atoms with Gasteiger partial charge in [-0.25, -0.2) is 4.98 Å². The molecular weight excluding hydrogens is 200 g/mol. The Kier molecular flexibility index (Phi) is 3.12. The fourth-order valence-corrected chi connectivity index (χ4v) is 2.20. The Morgan fingerprint density at radius 3 is 3.14 bits per heavy atom. The predicted molar refractivity (Wildman–Crippen MR) is 54.3 cm³/mol. The summed E-state index contributed by atoms with van der Waals surface area (Å²) in [5, 5.41) is 13.8. The van der Waals surface area contributed by atoms with Gasteiger partial charge in [-0.1, -0.05) is 0 Å². The maximum Gasteiger partial charge on any atom is 0.0948 e. The van der Waals surface area contributed by atoms with Gasteiger partial charge in [-0.05, 0) is 6.92 Å². The summed E-state index contributed by atoms with van der Waals surface area (Å²) in [6.45, 7) is 3.79. The minimum atomic E-state index is -0.371. The standard InChI is InChI=1S/C9H14N2O2S/c1-6-10-2-7(14-6)3-11-8-4-13-5-9(8)12/h2,8-9,11-12H,3-5H2,1H3. The summed E-state index contributed by atoms with van der Waals surface area (Å²) in [6.07, 6.45) is 1.50. The molecule has 2 N–H and O–H groups in total. The number of nitrogens with one attached hydrogen (secondary N) is 1. The third kappa shape index (κ3) is 2.30. The Hall–Kier alpha value is -0.490. The van der Waals surface area contributed by atoms with Crippen LogP contribution < -0.4 is 5.32 Å². The van der Waals surface area contributed by atoms with Crippen LogP contribution in [0, 0.1) is 6.92 Å². The second-order valence-corrected chi connectivity index (χ2v) is 4.76. The van der Waals surface area contributed by atoms with E-state index in [4.69, 9.17) is 4.74 Å². The highest BCUT2D eigenvalue weighted by Gasteiger charge is 2.25. The van der Waals surface area contributed by atoms with E-state index in [0.717, 1.165) is 11.6 Å². The number of nitrogens with zero attached hydrogens (tertiary/aromatic N) is 1. The first-order valence-electron chi connectivity index (χ1n) is 4.66. The normalized spacial score (nSPS) is 27.0. The van der Waals surface area contributed by atoms with E-state index in [1.165, 1.54) is 4.88 Å². The first kappa shape index (κ1) is 10.0. The number of aliphatic hydroxyl groups is 1. The van der Waals surface area contributed by atoms with Crippen molar-refractivity contribution in [1.29, 1.82) is 0 Å². The van der Waals surface area contributed by atoms with Crippen LogP contribution >= 0.6 is 11.3 Å². The molecule has 4 nitrogen and oxygen atoms in total. The third-order valence-corrected chi connectivity index (χ3v) is 3.17. The molecule has 2 rings (SSSR count). The Morgan fingerprint density at radius 1 is 1.71 bits per heavy atom. The molecule has 1 fully saturated rings. The van der Waals surface area contributed by atoms with Crippen LogP contribution in [-0.4, -0.2) is 35.5 Å². The number of ether oxygens (including phenoxy) is 1. The lowest BCUT2D eigenvalue weighted by Gasteiger charge is -2.12. The first-order chi connectivity index (χ1) is 6.75. The number of aromatic nitrogens is 1. The molecule has 2 atom stereocenters. The van der Waals surface area contributed by atoms with Gasteiger partial charge < -0.3 is 15.2 Å². The van der Waals surface area contributed by atoms with Crippen molar-refractivity contribution in [2.24, 2.45) is 0 Å². The molecule has 5 heteroatoms. The Morgan fingerprint density at radius 2 is 2.57 bits per heavy atom. The highest BCUT2D eigenvalue weighted by atomic mass is 32.1. The van der Waals surface area contributed by atoms with Gasteiger partial charge in [0.25, 0.3) is 0 Å². The molecule has 1 aromatic heterocycles. The van der Waals surface area contributed by atoms with Gasteiger partial charge in [0.05, 0.1) is 30.4 Å². The Labute approximate surface area is 86.9 Å². The minimum absolute atomic E-state index is 0.0670. The number of aryl methyl sites for hydroxylation is 1. The van der Waals surface area contributed by atoms with Crippen LogP contribution in [0.25, 0.3) is 0 Å². The van der Waals surface area contributed by atoms with E-state index < -0.39 is 0 Å². The number of aliphatic hydroxyl groups excluding tert-OH is 1. The van der Waals surface area contributed by atoms with E-state index in [9.17, 15) is 5.11 Å². The molecule has 1 aromatic rings. The number of thiazole rings is 1. The molecule has 0 radical (unpaired) electrons. The van der Waals surface area contributed by atoms with E-state index in [0.29, 0.717) is 13.2 Å². The van der Waals surface area contributed by atoms with Gasteiger partial charge in [-0.3, -0.25) is 0 Å². The summed E-state index contributed by atoms with van der Waals surface area (Å²) < 4.78 is 5.14. The highest BCUT2D eigenvalue weighted by molar-refractivity contribution is 7.11. The van der Waals surface area contributed by atoms with E-state index in [-0.39, 0.29) is 12.1 Å². The van der Waals surface area contributed by atoms with Gasteiger partial charge in [0.1, 0.15) is 0 Å². The molecule has 0 spiro atoms. The van der Waals surface area contributed by atoms with Gasteiger partial charge in [0.2, 0.25) is 0 Å². The first-order valence-corrected chi connectivity index (χ1v) is 5.48. The fourth-order valence-electron chi connectivity index (χ4n) is 1.46. The Balaban J connectivity index is 1.82. The average Bonchev–Trinajstić information content (AvgIpc) is 2.72. The lowest BCUT2D eigenvalue weighted by molar-refractivity contribution is 0.122. The predicted octanol–water partition coefficient (Wildman–Crippen LogP) is 0.301. The summed E-state index contributed by atoms with van der Waals surface area (Å²) in [5.41, 5.74) is 0. The molecule has 1 aliphatic heterocycles. The maximum absolute atomic E-state index is 9.47. The molecule has 2 unspecified atom stereocenters. The molecule has 0 saturated carbocycles. The van der Waals surface area contributed by atoms with Gasteiger partial charge in [-0.2, -0.15) is 0 Å². The van der Waals surface area contributed by atoms with Crippen LogP contribution in [0.3, 0.4) is 0 Å². The molecule has 0 amide bonds. The smallest absolute Gasteiger partial charge is 0.0948 e. The van der Waals surface area contributed by atoms with E-state index in [1.54, 1.807) is 11.3 Å². The molecule has 1 saturated heterocycles. The van der Waals surface area contributed by atoms with Crippen molar-refractivity contribution >= 4 is 11.3 Å². The molecule has 78 valence electrons. The lowest BCUT2D eigenvalue weighted by atomic mass is 10.2. The summed E-state index contributed by atoms with van der Waals surface area (Å²) in [4.78, 5) is 5.36. The Bertz CT molecular complexity index is 303. The molecule has 0 aromatic carbocycles. The number of hydrogen-bond donors (Lipinski definition) is 2. The van der Waals surface area contributed by atoms with Gasteiger partial charge in [0, 0.05) is 17.6 Å². The average molecular weight is 214 g/mol. The van der Waals surface area contributed by atoms with Crippen LogP contribution in [0.2, 0.25) is 0 Å². The molecular formula is C9H14N2O2S. The minimum Gasteiger partial charge on any atom is -0.389 e. The van der Waals surface area contributed by atoms with Crippen molar-refractivity contribution < 1.29 is 9.84 Å². The van der Waals surface area contributed by atoms with Crippen molar-refractivity contribution in [2.45, 2.75) is 25.6 Å². The zero-order chi connectivity index (χ0) is 9.97. The summed E-state index contributed by atoms with van der Waals surface area (Å²) in [7, 11) is 0. The van der Waals surface area contributed by atoms with Crippen molar-refractivity contribution in [1.82, 2.24) is 10.3 Å². The largest absolute Gasteiger partial charge is 0.389 e. The van der Waals surface area contributed by atoms with E-state index in [2.05, 4.69) is 10.3 Å². The molecule has 1 aliphatic rings. The summed E-state index contributed by atoms with van der Waals surface area (Å²) >= 11 is 1.68. The quantitative estimate of drug-likeness (QED) is 0.760. The zero-order valence-electron chi connectivity index (χ0n) is 8.06. The van der Waals surface area contributed by atoms with E-state index in [1.807, 2.05) is 13.1 Å². The highest BCUT2D eigenvalue weighted by Crippen LogP contribution is 2.12. The van der Waals surface area contributed by atoms with Crippen molar-refractivity contribution in [2.75, 3.05) is 13.2 Å². The number of rotatable bonds is 3. The van der Waals surface area contributed by atoms with Crippen LogP contribution in [0.15, 0.2) is 6.20 Å². The SMILES string of the molecule is Cc1ncc(CNC2COCC2O)s1. The van der Waals surface area contributed by atoms with Gasteiger partial charge in [0.15, 0.2) is 0 Å². The molecule has 0 aliphatic carbocycles. The van der Waals surface area contributed by atoms with Crippen molar-refractivity contribution in [3.05, 3.63) is 16.1 Å². The summed E-state index contributed by atoms with van der Waals surface area (Å²) in [5.74, 6) is 0. The van der Waals surface area contributed by atoms with Gasteiger partial charge in [-0.15, -0.1) is 11.3 Å². The topological polar surface area (TPSA) is 54.4 Å². The zero-order valence-corrected chi connectivity index (χ0v) is 8.88. The lowest BCUT2D eigenvalue weighted by Crippen LogP contribution is -2.38. The van der Waals surface area contributed by atoms with Gasteiger partial charge >= 0.3 is 0 Å².